The van der Waals surface area contributed by atoms with Crippen molar-refractivity contribution in [2.45, 2.75) is 87.8 Å². The number of hydrogen-bond acceptors (Lipinski definition) is 8. The van der Waals surface area contributed by atoms with Crippen molar-refractivity contribution < 1.29 is 49.0 Å². The van der Waals surface area contributed by atoms with E-state index < -0.39 is 54.3 Å². The van der Waals surface area contributed by atoms with Crippen LogP contribution >= 0.6 is 0 Å². The molecule has 3 aliphatic carbocycles. The van der Waals surface area contributed by atoms with E-state index in [1.54, 1.807) is 6.07 Å². The van der Waals surface area contributed by atoms with Crippen molar-refractivity contribution in [2.24, 2.45) is 17.3 Å². The molecule has 1 saturated heterocycles. The van der Waals surface area contributed by atoms with E-state index in [0.717, 1.165) is 5.56 Å². The number of carboxylic acids is 1. The molecular formula is C24H32O9. The Balaban J connectivity index is 1.44. The summed E-state index contributed by atoms with van der Waals surface area (Å²) < 4.78 is 36.4. The van der Waals surface area contributed by atoms with Gasteiger partial charge in [0.15, 0.2) is 6.10 Å². The summed E-state index contributed by atoms with van der Waals surface area (Å²) in [6, 6.07) is 1.34. The van der Waals surface area contributed by atoms with Crippen molar-refractivity contribution in [3.8, 4) is 5.75 Å². The second kappa shape index (κ2) is 8.18. The first-order chi connectivity index (χ1) is 16.8. The van der Waals surface area contributed by atoms with Gasteiger partial charge >= 0.3 is 5.97 Å². The van der Waals surface area contributed by atoms with Crippen LogP contribution in [0.5, 0.6) is 5.75 Å². The van der Waals surface area contributed by atoms with E-state index in [1.165, 1.54) is 0 Å². The Morgan fingerprint density at radius 2 is 1.97 bits per heavy atom. The summed E-state index contributed by atoms with van der Waals surface area (Å²) in [5.74, 6) is -1.79. The lowest BCUT2D eigenvalue weighted by Crippen LogP contribution is -2.61. The Kier molecular flexibility index (Phi) is 4.84. The lowest BCUT2D eigenvalue weighted by Gasteiger charge is -2.50. The van der Waals surface area contributed by atoms with Crippen LogP contribution in [0.1, 0.15) is 53.8 Å². The molecule has 1 aliphatic heterocycles. The SMILES string of the molecule is [2H]c1cc2c(c([2H])c1O[C@@H]1O[C@H](C(=O)O)[C@@H](O)[C@H](O)[C@H]1O)CC[C@@H]1[C@@H]2CC[C@@]2(C)[C@H]1C[C@@H](O)[C@]2([2H])O. The number of ether oxygens (including phenoxy) is 2. The zero-order chi connectivity index (χ0) is 26.3. The fraction of sp³-hybridized carbons (Fsp3) is 0.708. The van der Waals surface area contributed by atoms with E-state index in [0.29, 0.717) is 37.7 Å². The molecule has 0 amide bonds. The lowest BCUT2D eigenvalue weighted by atomic mass is 9.55. The number of fused-ring (bicyclic) bond motifs is 5. The second-order valence-electron chi connectivity index (χ2n) is 10.0. The molecule has 6 N–H and O–H groups in total. The molecule has 1 heterocycles. The number of aliphatic hydroxyl groups is 5. The van der Waals surface area contributed by atoms with Gasteiger partial charge in [0.05, 0.1) is 16.3 Å². The van der Waals surface area contributed by atoms with E-state index in [9.17, 15) is 35.4 Å². The van der Waals surface area contributed by atoms with E-state index in [4.69, 9.17) is 13.6 Å². The number of aliphatic carboxylic acids is 1. The second-order valence-corrected chi connectivity index (χ2v) is 10.0. The number of carboxylic acid groups (broad SMARTS) is 1. The molecule has 1 aromatic carbocycles. The molecule has 9 heteroatoms. The van der Waals surface area contributed by atoms with Crippen LogP contribution in [-0.4, -0.2) is 79.5 Å². The molecule has 5 rings (SSSR count). The van der Waals surface area contributed by atoms with Crippen LogP contribution in [0.3, 0.4) is 0 Å². The Hall–Kier alpha value is -1.75. The van der Waals surface area contributed by atoms with Crippen LogP contribution in [0.15, 0.2) is 18.2 Å². The summed E-state index contributed by atoms with van der Waals surface area (Å²) in [7, 11) is 0. The van der Waals surface area contributed by atoms with Crippen molar-refractivity contribution >= 4 is 5.97 Å². The number of carbonyl (C=O) groups is 1. The highest BCUT2D eigenvalue weighted by atomic mass is 16.7. The van der Waals surface area contributed by atoms with Crippen LogP contribution in [0.25, 0.3) is 0 Å². The van der Waals surface area contributed by atoms with Crippen LogP contribution in [0.4, 0.5) is 0 Å². The average Bonchev–Trinajstić information content (AvgIpc) is 3.00. The topological polar surface area (TPSA) is 157 Å². The Bertz CT molecular complexity index is 1070. The minimum absolute atomic E-state index is 0.0138. The zero-order valence-corrected chi connectivity index (χ0v) is 18.2. The summed E-state index contributed by atoms with van der Waals surface area (Å²) in [6.45, 7) is 1.86. The first kappa shape index (κ1) is 19.5. The van der Waals surface area contributed by atoms with E-state index in [-0.39, 0.29) is 35.6 Å². The Labute approximate surface area is 195 Å². The normalized spacial score (nSPS) is 50.2. The van der Waals surface area contributed by atoms with Gasteiger partial charge in [-0.25, -0.2) is 4.79 Å². The highest BCUT2D eigenvalue weighted by Gasteiger charge is 2.57. The fourth-order valence-electron chi connectivity index (χ4n) is 6.54. The first-order valence-corrected chi connectivity index (χ1v) is 11.4. The van der Waals surface area contributed by atoms with Crippen molar-refractivity contribution in [1.82, 2.24) is 0 Å². The largest absolute Gasteiger partial charge is 0.479 e. The van der Waals surface area contributed by atoms with Crippen LogP contribution in [-0.2, 0) is 16.0 Å². The summed E-state index contributed by atoms with van der Waals surface area (Å²) in [4.78, 5) is 11.4. The molecular weight excluding hydrogens is 432 g/mol. The average molecular weight is 468 g/mol. The Morgan fingerprint density at radius 3 is 2.70 bits per heavy atom. The van der Waals surface area contributed by atoms with Crippen LogP contribution < -0.4 is 4.74 Å². The summed E-state index contributed by atoms with van der Waals surface area (Å²) in [6.07, 6.45) is -9.55. The van der Waals surface area contributed by atoms with Gasteiger partial charge in [-0.2, -0.15) is 0 Å². The minimum Gasteiger partial charge on any atom is -0.479 e. The lowest BCUT2D eigenvalue weighted by molar-refractivity contribution is -0.271. The predicted molar refractivity (Wildman–Crippen MR) is 113 cm³/mol. The maximum atomic E-state index is 11.4. The predicted octanol–water partition coefficient (Wildman–Crippen LogP) is 0.145. The molecule has 0 bridgehead atoms. The molecule has 9 nitrogen and oxygen atoms in total. The molecule has 0 spiro atoms. The number of rotatable bonds is 3. The van der Waals surface area contributed by atoms with Gasteiger partial charge < -0.3 is 40.1 Å². The maximum absolute atomic E-state index is 11.4. The van der Waals surface area contributed by atoms with Crippen molar-refractivity contribution in [3.63, 3.8) is 0 Å². The van der Waals surface area contributed by atoms with E-state index >= 15 is 0 Å². The smallest absolute Gasteiger partial charge is 0.335 e. The van der Waals surface area contributed by atoms with Crippen molar-refractivity contribution in [2.75, 3.05) is 0 Å². The zero-order valence-electron chi connectivity index (χ0n) is 21.2. The van der Waals surface area contributed by atoms with Gasteiger partial charge in [0, 0.05) is 0 Å². The molecule has 182 valence electrons. The highest BCUT2D eigenvalue weighted by molar-refractivity contribution is 5.73. The van der Waals surface area contributed by atoms with Gasteiger partial charge in [0.1, 0.15) is 24.1 Å². The fourth-order valence-corrected chi connectivity index (χ4v) is 6.54. The van der Waals surface area contributed by atoms with Gasteiger partial charge in [-0.1, -0.05) is 13.0 Å². The van der Waals surface area contributed by atoms with Gasteiger partial charge in [0.25, 0.3) is 0 Å². The molecule has 4 aliphatic rings. The first-order valence-electron chi connectivity index (χ1n) is 12.9. The molecule has 0 unspecified atom stereocenters. The third-order valence-corrected chi connectivity index (χ3v) is 8.35. The van der Waals surface area contributed by atoms with Gasteiger partial charge in [-0.15, -0.1) is 0 Å². The van der Waals surface area contributed by atoms with Crippen molar-refractivity contribution in [1.29, 1.82) is 0 Å². The monoisotopic (exact) mass is 467 g/mol. The molecule has 2 saturated carbocycles. The highest BCUT2D eigenvalue weighted by Crippen LogP contribution is 2.61. The van der Waals surface area contributed by atoms with Gasteiger partial charge in [-0.3, -0.25) is 0 Å². The van der Waals surface area contributed by atoms with Crippen LogP contribution in [0.2, 0.25) is 0 Å². The number of hydrogen-bond donors (Lipinski definition) is 6. The molecule has 1 aromatic rings. The molecule has 0 radical (unpaired) electrons. The summed E-state index contributed by atoms with van der Waals surface area (Å²) in [5, 5.41) is 60.6. The Morgan fingerprint density at radius 1 is 1.21 bits per heavy atom. The quantitative estimate of drug-likeness (QED) is 0.364. The minimum atomic E-state index is -1.92. The molecule has 11 atom stereocenters. The third-order valence-electron chi connectivity index (χ3n) is 8.35. The summed E-state index contributed by atoms with van der Waals surface area (Å²) in [5.41, 5.74) is 0.725. The van der Waals surface area contributed by atoms with Crippen molar-refractivity contribution in [3.05, 3.63) is 29.3 Å². The number of benzene rings is 1. The van der Waals surface area contributed by atoms with Gasteiger partial charge in [-0.05, 0) is 78.5 Å². The van der Waals surface area contributed by atoms with E-state index in [2.05, 4.69) is 0 Å². The molecule has 0 aromatic heterocycles. The maximum Gasteiger partial charge on any atom is 0.335 e. The van der Waals surface area contributed by atoms with Crippen LogP contribution in [0, 0.1) is 17.3 Å². The van der Waals surface area contributed by atoms with Gasteiger partial charge in [0.2, 0.25) is 6.29 Å². The molecule has 33 heavy (non-hydrogen) atoms. The summed E-state index contributed by atoms with van der Waals surface area (Å²) >= 11 is 0. The standard InChI is InChI=1S/C24H32O9/c1-24-7-6-13-12-5-3-11(32-23-19(28)17(26)18(27)20(33-23)22(30)31)8-10(12)2-4-14(13)15(24)9-16(25)21(24)29/h3,5,8,13-21,23,25-29H,2,4,6-7,9H2,1H3,(H,30,31)/t13-,14-,15+,16-,17+,18+,19-,20+,21+,23-,24+/m1/s1/i3D,8D,21D. The van der Waals surface area contributed by atoms with E-state index in [1.807, 2.05) is 6.92 Å². The number of aliphatic hydroxyl groups excluding tert-OH is 4. The third kappa shape index (κ3) is 3.57. The molecule has 3 fully saturated rings.